The summed E-state index contributed by atoms with van der Waals surface area (Å²) in [6, 6.07) is 8.26. The molecule has 0 atom stereocenters. The molecule has 0 unspecified atom stereocenters. The summed E-state index contributed by atoms with van der Waals surface area (Å²) in [5.74, 6) is -0.337. The number of rotatable bonds is 5. The minimum absolute atomic E-state index is 0.0243. The fourth-order valence-electron chi connectivity index (χ4n) is 2.75. The Morgan fingerprint density at radius 2 is 2.04 bits per heavy atom. The number of nitro groups is 1. The first-order chi connectivity index (χ1) is 11.5. The zero-order chi connectivity index (χ0) is 17.1. The normalized spacial score (nSPS) is 14.0. The largest absolute Gasteiger partial charge is 0.366 e. The number of hydrogen-bond acceptors (Lipinski definition) is 5. The minimum Gasteiger partial charge on any atom is -0.366 e. The van der Waals surface area contributed by atoms with E-state index in [0.717, 1.165) is 30.8 Å². The van der Waals surface area contributed by atoms with Crippen LogP contribution in [0.1, 0.15) is 28.1 Å². The van der Waals surface area contributed by atoms with Crippen molar-refractivity contribution in [1.82, 2.24) is 5.32 Å². The quantitative estimate of drug-likeness (QED) is 0.645. The highest BCUT2D eigenvalue weighted by molar-refractivity contribution is 7.16. The average Bonchev–Trinajstić information content (AvgIpc) is 3.23. The lowest BCUT2D eigenvalue weighted by Crippen LogP contribution is -2.23. The molecule has 1 aliphatic rings. The van der Waals surface area contributed by atoms with E-state index in [1.54, 1.807) is 18.2 Å². The predicted molar refractivity (Wildman–Crippen MR) is 95.0 cm³/mol. The number of carbonyl (C=O) groups is 1. The van der Waals surface area contributed by atoms with Crippen molar-refractivity contribution in [3.8, 4) is 0 Å². The van der Waals surface area contributed by atoms with Gasteiger partial charge in [0.15, 0.2) is 0 Å². The number of nitrogens with one attached hydrogen (secondary N) is 1. The number of anilines is 1. The summed E-state index contributed by atoms with van der Waals surface area (Å²) < 4.78 is 0.657. The van der Waals surface area contributed by atoms with Crippen LogP contribution in [0.3, 0.4) is 0 Å². The van der Waals surface area contributed by atoms with Gasteiger partial charge in [-0.25, -0.2) is 0 Å². The first-order valence-electron chi connectivity index (χ1n) is 7.60. The number of thiophene rings is 1. The van der Waals surface area contributed by atoms with E-state index in [1.807, 2.05) is 11.0 Å². The van der Waals surface area contributed by atoms with E-state index in [1.165, 1.54) is 17.4 Å². The van der Waals surface area contributed by atoms with Crippen LogP contribution >= 0.6 is 22.9 Å². The summed E-state index contributed by atoms with van der Waals surface area (Å²) in [6.07, 6.45) is 2.06. The number of nitrogens with zero attached hydrogens (tertiary/aromatic N) is 2. The van der Waals surface area contributed by atoms with Gasteiger partial charge < -0.3 is 10.2 Å². The molecule has 6 nitrogen and oxygen atoms in total. The summed E-state index contributed by atoms with van der Waals surface area (Å²) in [4.78, 5) is 26.1. The third-order valence-corrected chi connectivity index (χ3v) is 5.16. The maximum atomic E-state index is 12.3. The van der Waals surface area contributed by atoms with Crippen LogP contribution < -0.4 is 10.2 Å². The van der Waals surface area contributed by atoms with E-state index in [9.17, 15) is 14.9 Å². The number of hydrogen-bond donors (Lipinski definition) is 1. The summed E-state index contributed by atoms with van der Waals surface area (Å²) in [6.45, 7) is 1.97. The van der Waals surface area contributed by atoms with Gasteiger partial charge in [0.1, 0.15) is 5.69 Å². The van der Waals surface area contributed by atoms with Gasteiger partial charge in [0.2, 0.25) is 0 Å². The van der Waals surface area contributed by atoms with Crippen LogP contribution in [0.4, 0.5) is 11.4 Å². The average molecular weight is 366 g/mol. The fourth-order valence-corrected chi connectivity index (χ4v) is 3.78. The second-order valence-electron chi connectivity index (χ2n) is 5.54. The number of halogens is 1. The van der Waals surface area contributed by atoms with Crippen LogP contribution in [0.15, 0.2) is 30.3 Å². The Balaban J connectivity index is 1.76. The van der Waals surface area contributed by atoms with Gasteiger partial charge in [0, 0.05) is 29.6 Å². The molecule has 1 saturated heterocycles. The van der Waals surface area contributed by atoms with Crippen molar-refractivity contribution in [2.45, 2.75) is 19.4 Å². The monoisotopic (exact) mass is 365 g/mol. The molecule has 0 radical (unpaired) electrons. The smallest absolute Gasteiger partial charge is 0.293 e. The molecule has 8 heteroatoms. The standard InChI is InChI=1S/C16H16ClN3O3S/c17-15-6-4-12(24-15)10-18-16(21)11-3-5-13(14(9-11)20(22)23)19-7-1-2-8-19/h3-6,9H,1-2,7-8,10H2,(H,18,21). The fraction of sp³-hybridized carbons (Fsp3) is 0.312. The molecular weight excluding hydrogens is 350 g/mol. The lowest BCUT2D eigenvalue weighted by Gasteiger charge is -2.17. The highest BCUT2D eigenvalue weighted by Crippen LogP contribution is 2.31. The molecule has 0 spiro atoms. The molecule has 1 aromatic heterocycles. The molecule has 24 heavy (non-hydrogen) atoms. The Morgan fingerprint density at radius 1 is 1.29 bits per heavy atom. The van der Waals surface area contributed by atoms with Crippen LogP contribution in [0.2, 0.25) is 4.34 Å². The highest BCUT2D eigenvalue weighted by atomic mass is 35.5. The minimum atomic E-state index is -0.427. The molecule has 1 fully saturated rings. The predicted octanol–water partition coefficient (Wildman–Crippen LogP) is 3.84. The van der Waals surface area contributed by atoms with E-state index in [4.69, 9.17) is 11.6 Å². The van der Waals surface area contributed by atoms with E-state index < -0.39 is 4.92 Å². The lowest BCUT2D eigenvalue weighted by atomic mass is 10.1. The van der Waals surface area contributed by atoms with Gasteiger partial charge in [-0.3, -0.25) is 14.9 Å². The van der Waals surface area contributed by atoms with Crippen molar-refractivity contribution in [3.63, 3.8) is 0 Å². The van der Waals surface area contributed by atoms with Crippen LogP contribution in [0.5, 0.6) is 0 Å². The van der Waals surface area contributed by atoms with Gasteiger partial charge in [-0.05, 0) is 37.1 Å². The number of amides is 1. The summed E-state index contributed by atoms with van der Waals surface area (Å²) in [5, 5.41) is 14.1. The zero-order valence-electron chi connectivity index (χ0n) is 12.8. The third kappa shape index (κ3) is 3.68. The lowest BCUT2D eigenvalue weighted by molar-refractivity contribution is -0.384. The van der Waals surface area contributed by atoms with Crippen molar-refractivity contribution in [2.75, 3.05) is 18.0 Å². The molecule has 0 bridgehead atoms. The highest BCUT2D eigenvalue weighted by Gasteiger charge is 2.23. The van der Waals surface area contributed by atoms with Crippen LogP contribution in [-0.4, -0.2) is 23.9 Å². The topological polar surface area (TPSA) is 75.5 Å². The zero-order valence-corrected chi connectivity index (χ0v) is 14.4. The SMILES string of the molecule is O=C(NCc1ccc(Cl)s1)c1ccc(N2CCCC2)c([N+](=O)[O-])c1. The molecule has 0 saturated carbocycles. The number of benzene rings is 1. The molecule has 2 aromatic rings. The van der Waals surface area contributed by atoms with Crippen LogP contribution in [0, 0.1) is 10.1 Å². The second-order valence-corrected chi connectivity index (χ2v) is 7.34. The Labute approximate surface area is 148 Å². The van der Waals surface area contributed by atoms with Crippen molar-refractivity contribution < 1.29 is 9.72 Å². The van der Waals surface area contributed by atoms with Crippen LogP contribution in [-0.2, 0) is 6.54 Å². The Morgan fingerprint density at radius 3 is 2.67 bits per heavy atom. The van der Waals surface area contributed by atoms with Gasteiger partial charge in [0.25, 0.3) is 11.6 Å². The maximum Gasteiger partial charge on any atom is 0.293 e. The van der Waals surface area contributed by atoms with Gasteiger partial charge in [-0.1, -0.05) is 11.6 Å². The van der Waals surface area contributed by atoms with Crippen molar-refractivity contribution in [2.24, 2.45) is 0 Å². The first-order valence-corrected chi connectivity index (χ1v) is 8.80. The summed E-state index contributed by atoms with van der Waals surface area (Å²) in [7, 11) is 0. The molecule has 3 rings (SSSR count). The molecule has 2 heterocycles. The van der Waals surface area contributed by atoms with Crippen molar-refractivity contribution >= 4 is 40.2 Å². The second kappa shape index (κ2) is 7.19. The van der Waals surface area contributed by atoms with Crippen LogP contribution in [0.25, 0.3) is 0 Å². The van der Waals surface area contributed by atoms with Crippen molar-refractivity contribution in [3.05, 3.63) is 55.2 Å². The molecule has 1 aromatic carbocycles. The van der Waals surface area contributed by atoms with Gasteiger partial charge in [-0.15, -0.1) is 11.3 Å². The van der Waals surface area contributed by atoms with E-state index in [0.29, 0.717) is 16.6 Å². The van der Waals surface area contributed by atoms with E-state index >= 15 is 0 Å². The van der Waals surface area contributed by atoms with Gasteiger partial charge in [-0.2, -0.15) is 0 Å². The van der Waals surface area contributed by atoms with Crippen molar-refractivity contribution in [1.29, 1.82) is 0 Å². The summed E-state index contributed by atoms with van der Waals surface area (Å²) in [5.41, 5.74) is 0.843. The van der Waals surface area contributed by atoms with Gasteiger partial charge in [0.05, 0.1) is 15.8 Å². The Bertz CT molecular complexity index is 772. The Kier molecular flexibility index (Phi) is 5.01. The van der Waals surface area contributed by atoms with Gasteiger partial charge >= 0.3 is 0 Å². The number of nitro benzene ring substituents is 1. The molecule has 1 aliphatic heterocycles. The summed E-state index contributed by atoms with van der Waals surface area (Å²) >= 11 is 7.24. The number of carbonyl (C=O) groups excluding carboxylic acids is 1. The molecule has 1 amide bonds. The molecule has 126 valence electrons. The first kappa shape index (κ1) is 16.7. The molecule has 1 N–H and O–H groups in total. The molecular formula is C16H16ClN3O3S. The third-order valence-electron chi connectivity index (χ3n) is 3.93. The molecule has 0 aliphatic carbocycles. The van der Waals surface area contributed by atoms with E-state index in [2.05, 4.69) is 5.32 Å². The maximum absolute atomic E-state index is 12.3. The van der Waals surface area contributed by atoms with E-state index in [-0.39, 0.29) is 17.2 Å². The Hall–Kier alpha value is -2.12.